The van der Waals surface area contributed by atoms with Gasteiger partial charge in [0.05, 0.1) is 5.56 Å². The molecular weight excluding hydrogens is 267 g/mol. The fraction of sp³-hybridized carbons (Fsp3) is 0.300. The minimum absolute atomic E-state index is 0.204. The fourth-order valence-electron chi connectivity index (χ4n) is 1.25. The van der Waals surface area contributed by atoms with Crippen LogP contribution in [-0.4, -0.2) is 11.2 Å². The van der Waals surface area contributed by atoms with E-state index >= 15 is 0 Å². The first-order valence-corrected chi connectivity index (χ1v) is 4.70. The maximum Gasteiger partial charge on any atom is 0.416 e. The van der Waals surface area contributed by atoms with Crippen molar-refractivity contribution in [1.29, 1.82) is 0 Å². The van der Waals surface area contributed by atoms with Crippen LogP contribution in [0.1, 0.15) is 21.5 Å². The van der Waals surface area contributed by atoms with Crippen LogP contribution in [0.15, 0.2) is 18.2 Å². The van der Waals surface area contributed by atoms with Gasteiger partial charge in [-0.1, -0.05) is 6.07 Å². The molecule has 0 radical (unpaired) electrons. The molecule has 0 aromatic heterocycles. The molecular formula is C10H6ClF5O. The number of ketones is 1. The number of rotatable bonds is 2. The molecule has 0 amide bonds. The third-order valence-corrected chi connectivity index (χ3v) is 2.23. The summed E-state index contributed by atoms with van der Waals surface area (Å²) in [5.74, 6) is -1.72. The Morgan fingerprint density at radius 2 is 1.71 bits per heavy atom. The van der Waals surface area contributed by atoms with Crippen LogP contribution in [0.4, 0.5) is 22.0 Å². The summed E-state index contributed by atoms with van der Waals surface area (Å²) in [6.07, 6.45) is -4.59. The molecule has 0 atom stereocenters. The number of halogens is 6. The third-order valence-electron chi connectivity index (χ3n) is 2.06. The zero-order valence-corrected chi connectivity index (χ0v) is 9.16. The van der Waals surface area contributed by atoms with E-state index in [0.29, 0.717) is 18.2 Å². The second-order valence-corrected chi connectivity index (χ2v) is 3.83. The highest BCUT2D eigenvalue weighted by Crippen LogP contribution is 2.32. The highest BCUT2D eigenvalue weighted by molar-refractivity contribution is 6.35. The van der Waals surface area contributed by atoms with Gasteiger partial charge in [0.2, 0.25) is 5.78 Å². The molecule has 1 aromatic carbocycles. The predicted octanol–water partition coefficient (Wildman–Crippen LogP) is 4.03. The average Bonchev–Trinajstić information content (AvgIpc) is 2.13. The van der Waals surface area contributed by atoms with Gasteiger partial charge in [0, 0.05) is 5.56 Å². The Bertz CT molecular complexity index is 447. The Kier molecular flexibility index (Phi) is 3.47. The Hall–Kier alpha value is -1.17. The number of carbonyl (C=O) groups excluding carboxylic acids is 1. The monoisotopic (exact) mass is 272 g/mol. The normalized spacial score (nSPS) is 12.6. The summed E-state index contributed by atoms with van der Waals surface area (Å²) in [6.45, 7) is 1.13. The van der Waals surface area contributed by atoms with Gasteiger partial charge in [0.15, 0.2) is 0 Å². The molecule has 0 saturated carbocycles. The quantitative estimate of drug-likeness (QED) is 0.451. The van der Waals surface area contributed by atoms with Crippen LogP contribution in [0.5, 0.6) is 0 Å². The van der Waals surface area contributed by atoms with Gasteiger partial charge in [0.25, 0.3) is 0 Å². The Labute approximate surface area is 98.2 Å². The summed E-state index contributed by atoms with van der Waals surface area (Å²) in [5.41, 5.74) is -1.74. The number of hydrogen-bond donors (Lipinski definition) is 0. The van der Waals surface area contributed by atoms with E-state index in [0.717, 1.165) is 6.92 Å². The van der Waals surface area contributed by atoms with Gasteiger partial charge >= 0.3 is 11.6 Å². The smallest absolute Gasteiger partial charge is 0.286 e. The summed E-state index contributed by atoms with van der Waals surface area (Å²) >= 11 is 4.51. The summed E-state index contributed by atoms with van der Waals surface area (Å²) in [4.78, 5) is 11.1. The lowest BCUT2D eigenvalue weighted by molar-refractivity contribution is -0.137. The van der Waals surface area contributed by atoms with Crippen LogP contribution < -0.4 is 0 Å². The van der Waals surface area contributed by atoms with Crippen LogP contribution in [-0.2, 0) is 6.18 Å². The topological polar surface area (TPSA) is 17.1 Å². The van der Waals surface area contributed by atoms with Crippen molar-refractivity contribution < 1.29 is 26.7 Å². The molecule has 17 heavy (non-hydrogen) atoms. The number of benzene rings is 1. The van der Waals surface area contributed by atoms with Crippen LogP contribution in [0, 0.1) is 6.92 Å². The molecule has 0 aliphatic heterocycles. The zero-order chi connectivity index (χ0) is 13.4. The van der Waals surface area contributed by atoms with Gasteiger partial charge in [0.1, 0.15) is 0 Å². The lowest BCUT2D eigenvalue weighted by atomic mass is 10.0. The molecule has 0 aliphatic carbocycles. The highest BCUT2D eigenvalue weighted by atomic mass is 35.5. The van der Waals surface area contributed by atoms with Crippen molar-refractivity contribution in [3.05, 3.63) is 34.9 Å². The largest absolute Gasteiger partial charge is 0.416 e. The van der Waals surface area contributed by atoms with Crippen molar-refractivity contribution in [1.82, 2.24) is 0 Å². The molecule has 94 valence electrons. The Morgan fingerprint density at radius 1 is 1.18 bits per heavy atom. The lowest BCUT2D eigenvalue weighted by Crippen LogP contribution is -2.22. The van der Waals surface area contributed by atoms with E-state index in [2.05, 4.69) is 11.6 Å². The van der Waals surface area contributed by atoms with Gasteiger partial charge in [-0.05, 0) is 36.2 Å². The van der Waals surface area contributed by atoms with E-state index in [1.54, 1.807) is 0 Å². The molecule has 1 nitrogen and oxygen atoms in total. The van der Waals surface area contributed by atoms with Crippen molar-refractivity contribution in [3.63, 3.8) is 0 Å². The first-order valence-electron chi connectivity index (χ1n) is 4.33. The van der Waals surface area contributed by atoms with Crippen molar-refractivity contribution in [3.8, 4) is 0 Å². The van der Waals surface area contributed by atoms with E-state index in [1.165, 1.54) is 0 Å². The number of alkyl halides is 6. The molecule has 0 aliphatic rings. The van der Waals surface area contributed by atoms with Gasteiger partial charge in [-0.25, -0.2) is 0 Å². The first kappa shape index (κ1) is 13.9. The first-order chi connectivity index (χ1) is 7.53. The summed E-state index contributed by atoms with van der Waals surface area (Å²) in [5, 5.41) is -4.12. The number of hydrogen-bond acceptors (Lipinski definition) is 1. The lowest BCUT2D eigenvalue weighted by Gasteiger charge is -2.12. The van der Waals surface area contributed by atoms with Crippen LogP contribution in [0.3, 0.4) is 0 Å². The molecule has 1 aromatic rings. The molecule has 1 rings (SSSR count). The predicted molar refractivity (Wildman–Crippen MR) is 51.3 cm³/mol. The standard InChI is InChI=1S/C10H6ClF5O/c1-5-4-6(10(14,15)16)2-3-7(5)8(17)9(11,12)13/h2-4H,1H3. The van der Waals surface area contributed by atoms with Crippen LogP contribution in [0.2, 0.25) is 0 Å². The molecule has 0 N–H and O–H groups in total. The van der Waals surface area contributed by atoms with Gasteiger partial charge in [-0.2, -0.15) is 22.0 Å². The second-order valence-electron chi connectivity index (χ2n) is 3.35. The number of carbonyl (C=O) groups is 1. The number of Topliss-reactive ketones (excluding diaryl/α,β-unsaturated/α-hetero) is 1. The highest BCUT2D eigenvalue weighted by Gasteiger charge is 2.38. The average molecular weight is 273 g/mol. The molecule has 0 fully saturated rings. The Balaban J connectivity index is 3.20. The fourth-order valence-corrected chi connectivity index (χ4v) is 1.35. The van der Waals surface area contributed by atoms with Gasteiger partial charge < -0.3 is 0 Å². The molecule has 0 bridgehead atoms. The van der Waals surface area contributed by atoms with E-state index in [9.17, 15) is 26.7 Å². The van der Waals surface area contributed by atoms with Crippen molar-refractivity contribution in [2.45, 2.75) is 18.5 Å². The second kappa shape index (κ2) is 4.25. The van der Waals surface area contributed by atoms with Crippen molar-refractivity contribution >= 4 is 17.4 Å². The summed E-state index contributed by atoms with van der Waals surface area (Å²) < 4.78 is 61.8. The maximum absolute atomic E-state index is 12.5. The van der Waals surface area contributed by atoms with Crippen molar-refractivity contribution in [2.24, 2.45) is 0 Å². The molecule has 0 unspecified atom stereocenters. The van der Waals surface area contributed by atoms with E-state index < -0.39 is 28.5 Å². The SMILES string of the molecule is Cc1cc(C(F)(F)F)ccc1C(=O)C(F)(F)Cl. The number of aryl methyl sites for hydroxylation is 1. The van der Waals surface area contributed by atoms with E-state index in [4.69, 9.17) is 0 Å². The van der Waals surface area contributed by atoms with E-state index in [1.807, 2.05) is 0 Å². The summed E-state index contributed by atoms with van der Waals surface area (Å²) in [6, 6.07) is 1.87. The molecule has 0 heterocycles. The Morgan fingerprint density at radius 3 is 2.06 bits per heavy atom. The third kappa shape index (κ3) is 3.15. The van der Waals surface area contributed by atoms with Crippen LogP contribution >= 0.6 is 11.6 Å². The van der Waals surface area contributed by atoms with E-state index in [-0.39, 0.29) is 5.56 Å². The summed E-state index contributed by atoms with van der Waals surface area (Å²) in [7, 11) is 0. The zero-order valence-electron chi connectivity index (χ0n) is 8.41. The maximum atomic E-state index is 12.5. The minimum atomic E-state index is -4.59. The molecule has 7 heteroatoms. The van der Waals surface area contributed by atoms with Crippen molar-refractivity contribution in [2.75, 3.05) is 0 Å². The van der Waals surface area contributed by atoms with Gasteiger partial charge in [-0.15, -0.1) is 0 Å². The molecule has 0 spiro atoms. The van der Waals surface area contributed by atoms with Crippen LogP contribution in [0.25, 0.3) is 0 Å². The van der Waals surface area contributed by atoms with Gasteiger partial charge in [-0.3, -0.25) is 4.79 Å². The minimum Gasteiger partial charge on any atom is -0.286 e. The molecule has 0 saturated heterocycles.